The van der Waals surface area contributed by atoms with Crippen molar-refractivity contribution in [2.24, 2.45) is 0 Å². The van der Waals surface area contributed by atoms with Crippen molar-refractivity contribution in [3.05, 3.63) is 128 Å². The van der Waals surface area contributed by atoms with Crippen LogP contribution in [0.15, 0.2) is 60.7 Å². The van der Waals surface area contributed by atoms with Crippen LogP contribution in [0, 0.1) is 11.6 Å². The van der Waals surface area contributed by atoms with Crippen LogP contribution in [0.25, 0.3) is 0 Å². The Morgan fingerprint density at radius 1 is 0.613 bits per heavy atom. The third kappa shape index (κ3) is 14.9. The molecule has 12 nitrogen and oxygen atoms in total. The molecule has 0 radical (unpaired) electrons. The van der Waals surface area contributed by atoms with Gasteiger partial charge in [0.15, 0.2) is 0 Å². The van der Waals surface area contributed by atoms with Gasteiger partial charge in [0.25, 0.3) is 0 Å². The van der Waals surface area contributed by atoms with Crippen LogP contribution in [-0.4, -0.2) is 109 Å². The number of nitrogens with zero attached hydrogens (tertiary/aromatic N) is 4. The zero-order chi connectivity index (χ0) is 51.9. The molecule has 6 atom stereocenters. The summed E-state index contributed by atoms with van der Waals surface area (Å²) in [6.07, 6.45) is 22.7. The van der Waals surface area contributed by atoms with E-state index in [4.69, 9.17) is 33.7 Å². The highest BCUT2D eigenvalue weighted by atomic mass is 19.1. The van der Waals surface area contributed by atoms with Crippen molar-refractivity contribution in [3.8, 4) is 0 Å². The number of halogens is 2. The zero-order valence-corrected chi connectivity index (χ0v) is 44.3. The fourth-order valence-electron chi connectivity index (χ4n) is 12.3. The van der Waals surface area contributed by atoms with E-state index in [0.717, 1.165) is 120 Å². The van der Waals surface area contributed by atoms with Crippen LogP contribution in [0.2, 0.25) is 0 Å². The molecule has 10 rings (SSSR count). The van der Waals surface area contributed by atoms with Crippen molar-refractivity contribution in [2.75, 3.05) is 59.7 Å². The molecular weight excluding hydrogens is 955 g/mol. The number of pyridine rings is 2. The van der Waals surface area contributed by atoms with Crippen LogP contribution in [0.1, 0.15) is 183 Å². The Labute approximate surface area is 443 Å². The summed E-state index contributed by atoms with van der Waals surface area (Å²) in [6, 6.07) is 16.5. The maximum absolute atomic E-state index is 14.4. The highest BCUT2D eigenvalue weighted by molar-refractivity contribution is 5.78. The number of aromatic nitrogens is 2. The first-order chi connectivity index (χ1) is 36.7. The third-order valence-corrected chi connectivity index (χ3v) is 16.3. The second-order valence-corrected chi connectivity index (χ2v) is 21.6. The maximum atomic E-state index is 14.4. The molecule has 0 spiro atoms. The van der Waals surface area contributed by atoms with Crippen molar-refractivity contribution in [1.29, 1.82) is 0 Å². The lowest BCUT2D eigenvalue weighted by molar-refractivity contribution is -0.147. The van der Waals surface area contributed by atoms with Gasteiger partial charge in [-0.15, -0.1) is 0 Å². The van der Waals surface area contributed by atoms with Gasteiger partial charge in [-0.25, -0.2) is 13.6 Å². The van der Waals surface area contributed by atoms with Crippen LogP contribution in [0.4, 0.5) is 8.78 Å². The summed E-state index contributed by atoms with van der Waals surface area (Å²) in [5.41, 5.74) is 10.6. The smallest absolute Gasteiger partial charge is 0.327 e. The highest BCUT2D eigenvalue weighted by Crippen LogP contribution is 2.39. The number of carboxylic acids is 1. The second kappa shape index (κ2) is 27.6. The van der Waals surface area contributed by atoms with E-state index in [2.05, 4.69) is 29.2 Å². The molecule has 6 heterocycles. The van der Waals surface area contributed by atoms with Crippen LogP contribution < -0.4 is 0 Å². The Balaban J connectivity index is 0.000000184. The molecule has 75 heavy (non-hydrogen) atoms. The van der Waals surface area contributed by atoms with Crippen molar-refractivity contribution >= 4 is 11.9 Å². The first-order valence-corrected chi connectivity index (χ1v) is 28.5. The SMILES string of the molecule is COC(=O)C(c1cc(F)ccc1C1CCCCO1)N1CC[C@@H](OCCCCc2ccc3c(n2)CCCC3)C1.O=C(O)C(c1cc(F)ccc1C1CCCCO1)N1CC[C@@H](OCCCCc2ccc3c(n2)CCCC3)C1. The van der Waals surface area contributed by atoms with Crippen LogP contribution in [0.5, 0.6) is 0 Å². The molecule has 6 aliphatic rings. The number of ether oxygens (including phenoxy) is 5. The number of carboxylic acid groups (broad SMARTS) is 1. The van der Waals surface area contributed by atoms with E-state index in [1.165, 1.54) is 97.4 Å². The minimum Gasteiger partial charge on any atom is -0.480 e. The molecule has 0 bridgehead atoms. The molecule has 0 amide bonds. The topological polar surface area (TPSA) is 133 Å². The quantitative estimate of drug-likeness (QED) is 0.0667. The van der Waals surface area contributed by atoms with E-state index in [-0.39, 0.29) is 36.2 Å². The number of esters is 1. The van der Waals surface area contributed by atoms with Gasteiger partial charge in [-0.05, 0) is 211 Å². The number of aliphatic carboxylic acids is 1. The van der Waals surface area contributed by atoms with E-state index in [1.807, 2.05) is 4.90 Å². The monoisotopic (exact) mass is 1030 g/mol. The molecule has 14 heteroatoms. The lowest BCUT2D eigenvalue weighted by Gasteiger charge is -2.31. The second-order valence-electron chi connectivity index (χ2n) is 21.6. The average Bonchev–Trinajstić information content (AvgIpc) is 4.11. The summed E-state index contributed by atoms with van der Waals surface area (Å²) < 4.78 is 58.2. The molecule has 1 N–H and O–H groups in total. The molecule has 4 aromatic rings. The van der Waals surface area contributed by atoms with Gasteiger partial charge in [0.2, 0.25) is 0 Å². The number of likely N-dealkylation sites (tertiary alicyclic amines) is 2. The predicted molar refractivity (Wildman–Crippen MR) is 283 cm³/mol. The zero-order valence-electron chi connectivity index (χ0n) is 44.3. The van der Waals surface area contributed by atoms with Gasteiger partial charge in [-0.2, -0.15) is 0 Å². The maximum Gasteiger partial charge on any atom is 0.327 e. The molecule has 2 aromatic carbocycles. The van der Waals surface area contributed by atoms with Crippen molar-refractivity contribution in [2.45, 2.75) is 178 Å². The number of carbonyl (C=O) groups excluding carboxylic acids is 1. The number of carbonyl (C=O) groups is 2. The molecule has 4 aliphatic heterocycles. The minimum absolute atomic E-state index is 0.00772. The molecule has 4 saturated heterocycles. The van der Waals surface area contributed by atoms with E-state index in [1.54, 1.807) is 12.1 Å². The van der Waals surface area contributed by atoms with E-state index in [9.17, 15) is 23.5 Å². The fraction of sp³-hybridized carbons (Fsp3) is 0.607. The molecule has 406 valence electrons. The number of methoxy groups -OCH3 is 1. The molecule has 4 fully saturated rings. The van der Waals surface area contributed by atoms with Gasteiger partial charge in [-0.1, -0.05) is 24.3 Å². The van der Waals surface area contributed by atoms with E-state index in [0.29, 0.717) is 63.7 Å². The average molecular weight is 1040 g/mol. The molecule has 2 aliphatic carbocycles. The fourth-order valence-corrected chi connectivity index (χ4v) is 12.3. The van der Waals surface area contributed by atoms with E-state index >= 15 is 0 Å². The number of hydrogen-bond donors (Lipinski definition) is 1. The Morgan fingerprint density at radius 2 is 1.09 bits per heavy atom. The number of benzene rings is 2. The van der Waals surface area contributed by atoms with Crippen molar-refractivity contribution in [3.63, 3.8) is 0 Å². The summed E-state index contributed by atoms with van der Waals surface area (Å²) in [4.78, 5) is 39.2. The molecule has 2 aromatic heterocycles. The summed E-state index contributed by atoms with van der Waals surface area (Å²) in [6.45, 7) is 5.15. The van der Waals surface area contributed by atoms with Gasteiger partial charge >= 0.3 is 11.9 Å². The van der Waals surface area contributed by atoms with Crippen LogP contribution >= 0.6 is 0 Å². The summed E-state index contributed by atoms with van der Waals surface area (Å²) in [5, 5.41) is 10.2. The third-order valence-electron chi connectivity index (χ3n) is 16.3. The highest BCUT2D eigenvalue weighted by Gasteiger charge is 2.39. The Kier molecular flexibility index (Phi) is 20.2. The minimum atomic E-state index is -0.958. The standard InChI is InChI=1S/C31H41FN2O4.C30H39FN2O4/c1-36-31(35)30(27-20-23(32)13-15-26(27)29-11-5-7-19-38-29)34-17-16-25(21-34)37-18-6-4-9-24-14-12-22-8-2-3-10-28(22)33-24;31-22-12-14-25(28-10-4-6-18-37-28)26(19-22)29(30(34)35)33-16-15-24(20-33)36-17-5-3-8-23-13-11-21-7-1-2-9-27(21)32-23/h12-15,20,25,29-30H,2-11,16-19,21H2,1H3;11-14,19,24,28-29H,1-10,15-18,20H2,(H,34,35)/t25-,29?,30?;24-,28?,29?/m11/s1. The van der Waals surface area contributed by atoms with Gasteiger partial charge in [-0.3, -0.25) is 24.6 Å². The normalized spacial score (nSPS) is 22.9. The number of aryl methyl sites for hydroxylation is 6. The first kappa shape index (κ1) is 55.1. The van der Waals surface area contributed by atoms with Gasteiger partial charge in [0.05, 0.1) is 31.5 Å². The van der Waals surface area contributed by atoms with Crippen molar-refractivity contribution < 1.29 is 47.2 Å². The summed E-state index contributed by atoms with van der Waals surface area (Å²) >= 11 is 0. The Hall–Kier alpha value is -4.70. The Morgan fingerprint density at radius 3 is 1.56 bits per heavy atom. The van der Waals surface area contributed by atoms with E-state index < -0.39 is 23.9 Å². The lowest BCUT2D eigenvalue weighted by atomic mass is 9.92. The Bertz CT molecular complexity index is 2500. The molecular formula is C61H80F2N4O8. The molecule has 0 saturated carbocycles. The molecule has 4 unspecified atom stereocenters. The number of rotatable bonds is 20. The van der Waals surface area contributed by atoms with Crippen LogP contribution in [-0.2, 0) is 71.8 Å². The first-order valence-electron chi connectivity index (χ1n) is 28.5. The summed E-state index contributed by atoms with van der Waals surface area (Å²) in [5.74, 6) is -2.10. The number of unbranched alkanes of at least 4 members (excludes halogenated alkanes) is 2. The van der Waals surface area contributed by atoms with Gasteiger partial charge in [0.1, 0.15) is 23.7 Å². The lowest BCUT2D eigenvalue weighted by Crippen LogP contribution is -2.35. The summed E-state index contributed by atoms with van der Waals surface area (Å²) in [7, 11) is 1.40. The van der Waals surface area contributed by atoms with Crippen molar-refractivity contribution in [1.82, 2.24) is 19.8 Å². The van der Waals surface area contributed by atoms with Crippen LogP contribution in [0.3, 0.4) is 0 Å². The number of fused-ring (bicyclic) bond motifs is 2. The van der Waals surface area contributed by atoms with Gasteiger partial charge < -0.3 is 28.8 Å². The predicted octanol–water partition coefficient (Wildman–Crippen LogP) is 11.2. The number of hydrogen-bond acceptors (Lipinski definition) is 11. The van der Waals surface area contributed by atoms with Gasteiger partial charge in [0, 0.05) is 75.4 Å². The largest absolute Gasteiger partial charge is 0.480 e.